The van der Waals surface area contributed by atoms with E-state index in [2.05, 4.69) is 39.9 Å². The van der Waals surface area contributed by atoms with Crippen molar-refractivity contribution in [2.45, 2.75) is 59.9 Å². The van der Waals surface area contributed by atoms with Gasteiger partial charge in [0.15, 0.2) is 0 Å². The van der Waals surface area contributed by atoms with Gasteiger partial charge in [-0.2, -0.15) is 0 Å². The van der Waals surface area contributed by atoms with E-state index in [1.807, 2.05) is 0 Å². The highest BCUT2D eigenvalue weighted by Crippen LogP contribution is 2.26. The Labute approximate surface area is 95.8 Å². The van der Waals surface area contributed by atoms with E-state index in [9.17, 15) is 0 Å². The molecule has 15 heavy (non-hydrogen) atoms. The number of nitrogens with one attached hydrogen (secondary N) is 1. The second-order valence-corrected chi connectivity index (χ2v) is 5.32. The first-order valence-electron chi connectivity index (χ1n) is 6.29. The van der Waals surface area contributed by atoms with Crippen LogP contribution in [0.3, 0.4) is 0 Å². The Bertz CT molecular complexity index is 143. The van der Waals surface area contributed by atoms with Gasteiger partial charge in [-0.3, -0.25) is 0 Å². The molecule has 0 atom stereocenters. The molecule has 0 unspecified atom stereocenters. The van der Waals surface area contributed by atoms with Crippen LogP contribution in [0.5, 0.6) is 0 Å². The van der Waals surface area contributed by atoms with Crippen molar-refractivity contribution in [2.24, 2.45) is 5.41 Å². The van der Waals surface area contributed by atoms with Crippen LogP contribution in [-0.2, 0) is 4.74 Å². The molecule has 0 aliphatic heterocycles. The van der Waals surface area contributed by atoms with Crippen LogP contribution in [-0.4, -0.2) is 25.8 Å². The largest absolute Gasteiger partial charge is 0.382 e. The molecule has 2 heteroatoms. The highest BCUT2D eigenvalue weighted by Gasteiger charge is 2.16. The van der Waals surface area contributed by atoms with Crippen molar-refractivity contribution in [2.75, 3.05) is 19.8 Å². The molecular weight excluding hydrogens is 186 g/mol. The molecule has 0 aromatic rings. The fourth-order valence-electron chi connectivity index (χ4n) is 1.62. The van der Waals surface area contributed by atoms with Gasteiger partial charge in [0.1, 0.15) is 0 Å². The molecule has 0 bridgehead atoms. The molecule has 0 rings (SSSR count). The van der Waals surface area contributed by atoms with E-state index >= 15 is 0 Å². The zero-order chi connectivity index (χ0) is 11.7. The molecule has 2 nitrogen and oxygen atoms in total. The topological polar surface area (TPSA) is 21.3 Å². The third kappa shape index (κ3) is 10.2. The predicted molar refractivity (Wildman–Crippen MR) is 67.3 cm³/mol. The smallest absolute Gasteiger partial charge is 0.0466 e. The van der Waals surface area contributed by atoms with Crippen molar-refractivity contribution in [3.63, 3.8) is 0 Å². The average Bonchev–Trinajstić information content (AvgIpc) is 2.11. The van der Waals surface area contributed by atoms with Gasteiger partial charge in [0.2, 0.25) is 0 Å². The summed E-state index contributed by atoms with van der Waals surface area (Å²) >= 11 is 0. The van der Waals surface area contributed by atoms with Gasteiger partial charge in [-0.15, -0.1) is 0 Å². The van der Waals surface area contributed by atoms with Crippen molar-refractivity contribution in [3.8, 4) is 0 Å². The molecule has 1 N–H and O–H groups in total. The normalized spacial score (nSPS) is 12.4. The third-order valence-electron chi connectivity index (χ3n) is 2.70. The molecule has 0 aliphatic carbocycles. The minimum Gasteiger partial charge on any atom is -0.382 e. The Morgan fingerprint density at radius 3 is 2.40 bits per heavy atom. The van der Waals surface area contributed by atoms with Crippen LogP contribution >= 0.6 is 0 Å². The van der Waals surface area contributed by atoms with Crippen molar-refractivity contribution in [1.29, 1.82) is 0 Å². The van der Waals surface area contributed by atoms with E-state index in [1.165, 1.54) is 19.3 Å². The van der Waals surface area contributed by atoms with Gasteiger partial charge >= 0.3 is 0 Å². The van der Waals surface area contributed by atoms with Crippen LogP contribution in [0.4, 0.5) is 0 Å². The summed E-state index contributed by atoms with van der Waals surface area (Å²) in [5, 5.41) is 3.47. The molecule has 0 amide bonds. The van der Waals surface area contributed by atoms with Crippen molar-refractivity contribution < 1.29 is 4.74 Å². The molecule has 0 saturated heterocycles. The molecule has 92 valence electrons. The van der Waals surface area contributed by atoms with Gasteiger partial charge in [0, 0.05) is 19.3 Å². The summed E-state index contributed by atoms with van der Waals surface area (Å²) in [6, 6.07) is 0.601. The highest BCUT2D eigenvalue weighted by molar-refractivity contribution is 4.70. The summed E-state index contributed by atoms with van der Waals surface area (Å²) in [5.74, 6) is 0. The molecule has 0 radical (unpaired) electrons. The van der Waals surface area contributed by atoms with Gasteiger partial charge in [-0.1, -0.05) is 27.7 Å². The van der Waals surface area contributed by atoms with Crippen LogP contribution < -0.4 is 5.32 Å². The quantitative estimate of drug-likeness (QED) is 0.596. The van der Waals surface area contributed by atoms with Gasteiger partial charge in [0.05, 0.1) is 0 Å². The number of ether oxygens (including phenoxy) is 1. The lowest BCUT2D eigenvalue weighted by molar-refractivity contribution is 0.131. The second kappa shape index (κ2) is 8.12. The Balaban J connectivity index is 3.48. The molecule has 0 fully saturated rings. The summed E-state index contributed by atoms with van der Waals surface area (Å²) in [4.78, 5) is 0. The first-order chi connectivity index (χ1) is 6.98. The average molecular weight is 215 g/mol. The van der Waals surface area contributed by atoms with E-state index in [0.717, 1.165) is 19.8 Å². The lowest BCUT2D eigenvalue weighted by Crippen LogP contribution is -2.27. The Kier molecular flexibility index (Phi) is 8.07. The summed E-state index contributed by atoms with van der Waals surface area (Å²) in [7, 11) is 0. The third-order valence-corrected chi connectivity index (χ3v) is 2.70. The lowest BCUT2D eigenvalue weighted by atomic mass is 9.84. The second-order valence-electron chi connectivity index (χ2n) is 5.32. The van der Waals surface area contributed by atoms with Crippen LogP contribution in [0.25, 0.3) is 0 Å². The monoisotopic (exact) mass is 215 g/mol. The van der Waals surface area contributed by atoms with Crippen LogP contribution in [0.1, 0.15) is 53.9 Å². The number of rotatable bonds is 9. The lowest BCUT2D eigenvalue weighted by Gasteiger charge is -2.25. The van der Waals surface area contributed by atoms with Crippen LogP contribution in [0.15, 0.2) is 0 Å². The Hall–Kier alpha value is -0.0800. The van der Waals surface area contributed by atoms with Crippen molar-refractivity contribution in [3.05, 3.63) is 0 Å². The van der Waals surface area contributed by atoms with E-state index in [-0.39, 0.29) is 0 Å². The fraction of sp³-hybridized carbons (Fsp3) is 1.00. The van der Waals surface area contributed by atoms with Crippen molar-refractivity contribution >= 4 is 0 Å². The molecule has 0 spiro atoms. The summed E-state index contributed by atoms with van der Waals surface area (Å²) in [6.07, 6.45) is 3.69. The van der Waals surface area contributed by atoms with E-state index < -0.39 is 0 Å². The van der Waals surface area contributed by atoms with Gasteiger partial charge in [-0.25, -0.2) is 0 Å². The summed E-state index contributed by atoms with van der Waals surface area (Å²) < 4.78 is 5.36. The fourth-order valence-corrected chi connectivity index (χ4v) is 1.62. The van der Waals surface area contributed by atoms with Crippen LogP contribution in [0.2, 0.25) is 0 Å². The molecule has 0 aromatic heterocycles. The standard InChI is InChI=1S/C13H29NO/c1-6-15-11-7-8-13(4,5)9-10-14-12(2)3/h12,14H,6-11H2,1-5H3. The maximum Gasteiger partial charge on any atom is 0.0466 e. The summed E-state index contributed by atoms with van der Waals surface area (Å²) in [5.41, 5.74) is 0.443. The van der Waals surface area contributed by atoms with Crippen LogP contribution in [0, 0.1) is 5.41 Å². The van der Waals surface area contributed by atoms with Crippen molar-refractivity contribution in [1.82, 2.24) is 5.32 Å². The molecular formula is C13H29NO. The summed E-state index contributed by atoms with van der Waals surface area (Å²) in [6.45, 7) is 14.0. The molecule has 0 aromatic carbocycles. The van der Waals surface area contributed by atoms with E-state index in [4.69, 9.17) is 4.74 Å². The first-order valence-corrected chi connectivity index (χ1v) is 6.29. The molecule has 0 saturated carbocycles. The minimum atomic E-state index is 0.443. The maximum atomic E-state index is 5.36. The van der Waals surface area contributed by atoms with E-state index in [1.54, 1.807) is 0 Å². The van der Waals surface area contributed by atoms with E-state index in [0.29, 0.717) is 11.5 Å². The highest BCUT2D eigenvalue weighted by atomic mass is 16.5. The first kappa shape index (κ1) is 14.9. The molecule has 0 aliphatic rings. The maximum absolute atomic E-state index is 5.36. The predicted octanol–water partition coefficient (Wildman–Crippen LogP) is 3.22. The number of hydrogen-bond donors (Lipinski definition) is 1. The Morgan fingerprint density at radius 2 is 1.87 bits per heavy atom. The zero-order valence-corrected chi connectivity index (χ0v) is 11.2. The number of hydrogen-bond acceptors (Lipinski definition) is 2. The SMILES string of the molecule is CCOCCCC(C)(C)CCNC(C)C. The zero-order valence-electron chi connectivity index (χ0n) is 11.2. The molecule has 0 heterocycles. The van der Waals surface area contributed by atoms with Gasteiger partial charge in [-0.05, 0) is 38.1 Å². The Morgan fingerprint density at radius 1 is 1.20 bits per heavy atom. The van der Waals surface area contributed by atoms with Gasteiger partial charge < -0.3 is 10.1 Å². The van der Waals surface area contributed by atoms with Gasteiger partial charge in [0.25, 0.3) is 0 Å². The minimum absolute atomic E-state index is 0.443.